The third-order valence-corrected chi connectivity index (χ3v) is 5.75. The average Bonchev–Trinajstić information content (AvgIpc) is 3.07. The van der Waals surface area contributed by atoms with E-state index in [-0.39, 0.29) is 5.54 Å². The molecule has 2 nitrogen and oxygen atoms in total. The van der Waals surface area contributed by atoms with Crippen LogP contribution < -0.4 is 5.32 Å². The van der Waals surface area contributed by atoms with Crippen molar-refractivity contribution in [2.75, 3.05) is 20.6 Å². The van der Waals surface area contributed by atoms with Crippen molar-refractivity contribution in [3.63, 3.8) is 0 Å². The summed E-state index contributed by atoms with van der Waals surface area (Å²) in [6, 6.07) is 9.14. The fourth-order valence-corrected chi connectivity index (χ4v) is 3.48. The summed E-state index contributed by atoms with van der Waals surface area (Å²) in [5.74, 6) is 0. The van der Waals surface area contributed by atoms with Crippen LogP contribution in [0.4, 0.5) is 0 Å². The third kappa shape index (κ3) is 4.16. The normalized spacial score (nSPS) is 13.8. The molecule has 1 atom stereocenters. The first kappa shape index (κ1) is 15.7. The van der Waals surface area contributed by atoms with Crippen LogP contribution >= 0.6 is 22.7 Å². The van der Waals surface area contributed by atoms with Gasteiger partial charge in [0.1, 0.15) is 0 Å². The van der Waals surface area contributed by atoms with Gasteiger partial charge in [0.05, 0.1) is 0 Å². The third-order valence-electron chi connectivity index (χ3n) is 3.86. The lowest BCUT2D eigenvalue weighted by molar-refractivity contribution is 0.184. The van der Waals surface area contributed by atoms with Crippen molar-refractivity contribution < 1.29 is 0 Å². The fourth-order valence-electron chi connectivity index (χ4n) is 1.92. The SMILES string of the molecule is CN(C)C(C)(C)CNC(Cc1cccs1)c1cccs1. The van der Waals surface area contributed by atoms with Crippen LogP contribution in [0.25, 0.3) is 0 Å². The smallest absolute Gasteiger partial charge is 0.0464 e. The Morgan fingerprint density at radius 2 is 1.85 bits per heavy atom. The van der Waals surface area contributed by atoms with E-state index in [1.165, 1.54) is 9.75 Å². The Bertz CT molecular complexity index is 487. The van der Waals surface area contributed by atoms with E-state index in [0.29, 0.717) is 6.04 Å². The van der Waals surface area contributed by atoms with E-state index in [4.69, 9.17) is 0 Å². The Morgan fingerprint density at radius 3 is 2.40 bits per heavy atom. The molecule has 0 amide bonds. The molecule has 0 aliphatic carbocycles. The van der Waals surface area contributed by atoms with E-state index in [0.717, 1.165) is 13.0 Å². The minimum absolute atomic E-state index is 0.158. The maximum Gasteiger partial charge on any atom is 0.0464 e. The molecular formula is C16H24N2S2. The predicted molar refractivity (Wildman–Crippen MR) is 90.9 cm³/mol. The number of hydrogen-bond acceptors (Lipinski definition) is 4. The van der Waals surface area contributed by atoms with Gasteiger partial charge in [-0.25, -0.2) is 0 Å². The summed E-state index contributed by atoms with van der Waals surface area (Å²) < 4.78 is 0. The minimum atomic E-state index is 0.158. The van der Waals surface area contributed by atoms with E-state index >= 15 is 0 Å². The molecule has 0 aromatic carbocycles. The summed E-state index contributed by atoms with van der Waals surface area (Å²) >= 11 is 3.68. The van der Waals surface area contributed by atoms with Crippen LogP contribution in [-0.4, -0.2) is 31.1 Å². The monoisotopic (exact) mass is 308 g/mol. The highest BCUT2D eigenvalue weighted by Crippen LogP contribution is 2.25. The largest absolute Gasteiger partial charge is 0.307 e. The molecule has 2 heterocycles. The van der Waals surface area contributed by atoms with Gasteiger partial charge in [0.25, 0.3) is 0 Å². The van der Waals surface area contributed by atoms with Crippen LogP contribution in [0.1, 0.15) is 29.6 Å². The lowest BCUT2D eigenvalue weighted by Crippen LogP contribution is -2.47. The highest BCUT2D eigenvalue weighted by Gasteiger charge is 2.23. The average molecular weight is 309 g/mol. The Labute approximate surface area is 130 Å². The molecule has 4 heteroatoms. The van der Waals surface area contributed by atoms with E-state index in [9.17, 15) is 0 Å². The van der Waals surface area contributed by atoms with Gasteiger partial charge in [-0.1, -0.05) is 12.1 Å². The fraction of sp³-hybridized carbons (Fsp3) is 0.500. The van der Waals surface area contributed by atoms with Gasteiger partial charge in [-0.2, -0.15) is 0 Å². The van der Waals surface area contributed by atoms with E-state index in [1.807, 2.05) is 22.7 Å². The predicted octanol–water partition coefficient (Wildman–Crippen LogP) is 4.02. The van der Waals surface area contributed by atoms with Gasteiger partial charge in [-0.05, 0) is 50.8 Å². The summed E-state index contributed by atoms with van der Waals surface area (Å²) in [7, 11) is 4.28. The van der Waals surface area contributed by atoms with E-state index in [2.05, 4.69) is 73.2 Å². The zero-order valence-electron chi connectivity index (χ0n) is 12.7. The zero-order chi connectivity index (χ0) is 14.6. The molecule has 2 rings (SSSR count). The highest BCUT2D eigenvalue weighted by molar-refractivity contribution is 7.10. The van der Waals surface area contributed by atoms with Crippen molar-refractivity contribution in [2.24, 2.45) is 0 Å². The molecule has 2 aromatic rings. The highest BCUT2D eigenvalue weighted by atomic mass is 32.1. The number of nitrogens with one attached hydrogen (secondary N) is 1. The lowest BCUT2D eigenvalue weighted by atomic mass is 10.0. The van der Waals surface area contributed by atoms with Gasteiger partial charge in [0, 0.05) is 34.3 Å². The first-order valence-corrected chi connectivity index (χ1v) is 8.71. The topological polar surface area (TPSA) is 15.3 Å². The Morgan fingerprint density at radius 1 is 1.15 bits per heavy atom. The van der Waals surface area contributed by atoms with Crippen molar-refractivity contribution in [1.82, 2.24) is 10.2 Å². The minimum Gasteiger partial charge on any atom is -0.307 e. The molecule has 0 saturated carbocycles. The lowest BCUT2D eigenvalue weighted by Gasteiger charge is -2.34. The maximum absolute atomic E-state index is 3.76. The summed E-state index contributed by atoms with van der Waals surface area (Å²) in [6.45, 7) is 5.53. The second-order valence-corrected chi connectivity index (χ2v) is 7.95. The van der Waals surface area contributed by atoms with Gasteiger partial charge in [0.15, 0.2) is 0 Å². The van der Waals surface area contributed by atoms with Crippen molar-refractivity contribution in [1.29, 1.82) is 0 Å². The Kier molecular flexibility index (Phi) is 5.38. The summed E-state index contributed by atoms with van der Waals surface area (Å²) in [6.07, 6.45) is 1.07. The number of rotatable bonds is 7. The molecule has 0 spiro atoms. The Balaban J connectivity index is 2.04. The van der Waals surface area contributed by atoms with Gasteiger partial charge in [-0.15, -0.1) is 22.7 Å². The molecule has 0 fully saturated rings. The summed E-state index contributed by atoms with van der Waals surface area (Å²) in [4.78, 5) is 5.14. The first-order valence-electron chi connectivity index (χ1n) is 6.95. The van der Waals surface area contributed by atoms with Crippen molar-refractivity contribution in [2.45, 2.75) is 31.8 Å². The summed E-state index contributed by atoms with van der Waals surface area (Å²) in [5.41, 5.74) is 0.158. The van der Waals surface area contributed by atoms with Gasteiger partial charge in [0.2, 0.25) is 0 Å². The molecule has 0 bridgehead atoms. The zero-order valence-corrected chi connectivity index (χ0v) is 14.4. The van der Waals surface area contributed by atoms with Crippen molar-refractivity contribution in [3.8, 4) is 0 Å². The van der Waals surface area contributed by atoms with Crippen molar-refractivity contribution >= 4 is 22.7 Å². The quantitative estimate of drug-likeness (QED) is 0.831. The van der Waals surface area contributed by atoms with E-state index < -0.39 is 0 Å². The van der Waals surface area contributed by atoms with Crippen LogP contribution in [0.2, 0.25) is 0 Å². The van der Waals surface area contributed by atoms with E-state index in [1.54, 1.807) is 0 Å². The van der Waals surface area contributed by atoms with Crippen LogP contribution in [0, 0.1) is 0 Å². The maximum atomic E-state index is 3.76. The number of nitrogens with zero attached hydrogens (tertiary/aromatic N) is 1. The molecule has 2 aromatic heterocycles. The summed E-state index contributed by atoms with van der Waals surface area (Å²) in [5, 5.41) is 8.08. The molecule has 20 heavy (non-hydrogen) atoms. The molecule has 0 radical (unpaired) electrons. The van der Waals surface area contributed by atoms with Gasteiger partial charge in [-0.3, -0.25) is 0 Å². The van der Waals surface area contributed by atoms with Crippen LogP contribution in [-0.2, 0) is 6.42 Å². The molecular weight excluding hydrogens is 284 g/mol. The Hall–Kier alpha value is -0.680. The second-order valence-electron chi connectivity index (χ2n) is 5.94. The van der Waals surface area contributed by atoms with Crippen LogP contribution in [0.3, 0.4) is 0 Å². The first-order chi connectivity index (χ1) is 9.49. The number of hydrogen-bond donors (Lipinski definition) is 1. The van der Waals surface area contributed by atoms with Crippen LogP contribution in [0.5, 0.6) is 0 Å². The van der Waals surface area contributed by atoms with Crippen molar-refractivity contribution in [3.05, 3.63) is 44.8 Å². The number of thiophene rings is 2. The molecule has 0 aliphatic heterocycles. The second kappa shape index (κ2) is 6.85. The molecule has 0 saturated heterocycles. The van der Waals surface area contributed by atoms with Gasteiger partial charge < -0.3 is 10.2 Å². The molecule has 110 valence electrons. The molecule has 0 aliphatic rings. The molecule has 1 unspecified atom stereocenters. The number of likely N-dealkylation sites (N-methyl/N-ethyl adjacent to an activating group) is 1. The molecule has 1 N–H and O–H groups in total. The standard InChI is InChI=1S/C16H24N2S2/c1-16(2,18(3)4)12-17-14(15-8-6-10-20-15)11-13-7-5-9-19-13/h5-10,14,17H,11-12H2,1-4H3. The van der Waals surface area contributed by atoms with Gasteiger partial charge >= 0.3 is 0 Å². The van der Waals surface area contributed by atoms with Crippen LogP contribution in [0.15, 0.2) is 35.0 Å².